The molecule has 5 rings (SSSR count). The Morgan fingerprint density at radius 2 is 1.13 bits per heavy atom. The third-order valence-corrected chi connectivity index (χ3v) is 5.83. The molecule has 0 aromatic heterocycles. The lowest BCUT2D eigenvalue weighted by Crippen LogP contribution is -2.11. The Kier molecular flexibility index (Phi) is 5.08. The average Bonchev–Trinajstić information content (AvgIpc) is 2.81. The first-order chi connectivity index (χ1) is 14.8. The lowest BCUT2D eigenvalue weighted by atomic mass is 10.0. The largest absolute Gasteiger partial charge is 0.310 e. The monoisotopic (exact) mass is 449 g/mol. The number of fused-ring (bicyclic) bond motifs is 1. The van der Waals surface area contributed by atoms with E-state index in [0.29, 0.717) is 0 Å². The number of nitrogens with zero attached hydrogens (tertiary/aromatic N) is 1. The number of benzene rings is 5. The Hall–Kier alpha value is -3.36. The molecule has 0 aliphatic rings. The lowest BCUT2D eigenvalue weighted by molar-refractivity contribution is 1.29. The van der Waals surface area contributed by atoms with Gasteiger partial charge in [0, 0.05) is 21.4 Å². The lowest BCUT2D eigenvalue weighted by Gasteiger charge is -2.28. The zero-order chi connectivity index (χ0) is 20.3. The van der Waals surface area contributed by atoms with Gasteiger partial charge in [0.1, 0.15) is 0 Å². The molecule has 0 saturated heterocycles. The van der Waals surface area contributed by atoms with E-state index in [0.717, 1.165) is 21.5 Å². The fourth-order valence-electron chi connectivity index (χ4n) is 3.86. The Balaban J connectivity index is 1.74. The van der Waals surface area contributed by atoms with Gasteiger partial charge in [-0.25, -0.2) is 0 Å². The van der Waals surface area contributed by atoms with Gasteiger partial charge in [-0.1, -0.05) is 94.8 Å². The highest BCUT2D eigenvalue weighted by Crippen LogP contribution is 2.41. The van der Waals surface area contributed by atoms with E-state index in [2.05, 4.69) is 142 Å². The summed E-state index contributed by atoms with van der Waals surface area (Å²) in [6.07, 6.45) is 0. The number of halogens is 1. The Morgan fingerprint density at radius 3 is 1.93 bits per heavy atom. The van der Waals surface area contributed by atoms with Crippen molar-refractivity contribution in [2.24, 2.45) is 0 Å². The molecule has 30 heavy (non-hydrogen) atoms. The summed E-state index contributed by atoms with van der Waals surface area (Å²) in [4.78, 5) is 2.33. The van der Waals surface area contributed by atoms with Crippen LogP contribution >= 0.6 is 15.9 Å². The second kappa shape index (κ2) is 8.17. The van der Waals surface area contributed by atoms with Crippen molar-refractivity contribution in [1.29, 1.82) is 0 Å². The van der Waals surface area contributed by atoms with Crippen molar-refractivity contribution in [3.63, 3.8) is 0 Å². The third-order valence-electron chi connectivity index (χ3n) is 5.31. The molecule has 144 valence electrons. The van der Waals surface area contributed by atoms with Gasteiger partial charge >= 0.3 is 0 Å². The van der Waals surface area contributed by atoms with Gasteiger partial charge in [-0.3, -0.25) is 0 Å². The molecule has 0 aliphatic heterocycles. The summed E-state index contributed by atoms with van der Waals surface area (Å²) in [5, 5.41) is 2.47. The molecule has 0 amide bonds. The van der Waals surface area contributed by atoms with Crippen LogP contribution in [0.15, 0.2) is 126 Å². The van der Waals surface area contributed by atoms with Gasteiger partial charge in [0.2, 0.25) is 0 Å². The first-order valence-corrected chi connectivity index (χ1v) is 10.8. The number of anilines is 3. The van der Waals surface area contributed by atoms with Crippen LogP contribution in [0.4, 0.5) is 17.1 Å². The van der Waals surface area contributed by atoms with Gasteiger partial charge in [0.25, 0.3) is 0 Å². The summed E-state index contributed by atoms with van der Waals surface area (Å²) in [5.41, 5.74) is 5.82. The minimum absolute atomic E-state index is 1.07. The molecule has 5 aromatic rings. The first-order valence-electron chi connectivity index (χ1n) is 9.98. The first kappa shape index (κ1) is 18.7. The highest BCUT2D eigenvalue weighted by atomic mass is 79.9. The molecule has 0 N–H and O–H groups in total. The standard InChI is InChI=1S/C28H20BrN/c29-24-15-18-25(19-16-24)30(26-17-14-21-8-4-5-11-23(21)20-26)28-13-7-6-12-27(28)22-9-2-1-3-10-22/h1-20H. The van der Waals surface area contributed by atoms with E-state index in [9.17, 15) is 0 Å². The highest BCUT2D eigenvalue weighted by Gasteiger charge is 2.17. The Morgan fingerprint density at radius 1 is 0.500 bits per heavy atom. The second-order valence-corrected chi connectivity index (χ2v) is 8.14. The molecule has 1 nitrogen and oxygen atoms in total. The molecule has 0 radical (unpaired) electrons. The van der Waals surface area contributed by atoms with Gasteiger partial charge in [-0.15, -0.1) is 0 Å². The van der Waals surface area contributed by atoms with E-state index in [1.165, 1.54) is 21.9 Å². The molecule has 0 fully saturated rings. The normalized spacial score (nSPS) is 10.8. The molecule has 0 spiro atoms. The topological polar surface area (TPSA) is 3.24 Å². The molecule has 0 atom stereocenters. The summed E-state index contributed by atoms with van der Waals surface area (Å²) in [7, 11) is 0. The van der Waals surface area contributed by atoms with Gasteiger partial charge in [-0.05, 0) is 58.8 Å². The zero-order valence-electron chi connectivity index (χ0n) is 16.4. The van der Waals surface area contributed by atoms with E-state index in [-0.39, 0.29) is 0 Å². The fraction of sp³-hybridized carbons (Fsp3) is 0. The van der Waals surface area contributed by atoms with Crippen LogP contribution in [0.25, 0.3) is 21.9 Å². The molecular formula is C28H20BrN. The van der Waals surface area contributed by atoms with Crippen LogP contribution in [0.1, 0.15) is 0 Å². The minimum atomic E-state index is 1.07. The van der Waals surface area contributed by atoms with Crippen LogP contribution in [0, 0.1) is 0 Å². The average molecular weight is 450 g/mol. The van der Waals surface area contributed by atoms with Crippen molar-refractivity contribution in [3.05, 3.63) is 126 Å². The number of rotatable bonds is 4. The van der Waals surface area contributed by atoms with Crippen molar-refractivity contribution >= 4 is 43.8 Å². The molecule has 2 heteroatoms. The maximum atomic E-state index is 3.57. The van der Waals surface area contributed by atoms with E-state index < -0.39 is 0 Å². The molecule has 0 saturated carbocycles. The SMILES string of the molecule is Brc1ccc(N(c2ccc3ccccc3c2)c2ccccc2-c2ccccc2)cc1. The van der Waals surface area contributed by atoms with Crippen LogP contribution in [0.2, 0.25) is 0 Å². The molecule has 0 aliphatic carbocycles. The number of hydrogen-bond donors (Lipinski definition) is 0. The molecule has 0 heterocycles. The second-order valence-electron chi connectivity index (χ2n) is 7.23. The van der Waals surface area contributed by atoms with Crippen molar-refractivity contribution in [3.8, 4) is 11.1 Å². The molecule has 0 bridgehead atoms. The summed E-state index contributed by atoms with van der Waals surface area (Å²) in [6.45, 7) is 0. The van der Waals surface area contributed by atoms with Gasteiger partial charge in [0.05, 0.1) is 5.69 Å². The van der Waals surface area contributed by atoms with Crippen LogP contribution in [0.3, 0.4) is 0 Å². The van der Waals surface area contributed by atoms with Crippen LogP contribution in [-0.2, 0) is 0 Å². The fourth-order valence-corrected chi connectivity index (χ4v) is 4.13. The van der Waals surface area contributed by atoms with Crippen molar-refractivity contribution in [1.82, 2.24) is 0 Å². The van der Waals surface area contributed by atoms with E-state index >= 15 is 0 Å². The van der Waals surface area contributed by atoms with Gasteiger partial charge < -0.3 is 4.90 Å². The highest BCUT2D eigenvalue weighted by molar-refractivity contribution is 9.10. The number of hydrogen-bond acceptors (Lipinski definition) is 1. The van der Waals surface area contributed by atoms with Crippen LogP contribution in [0.5, 0.6) is 0 Å². The van der Waals surface area contributed by atoms with E-state index in [4.69, 9.17) is 0 Å². The quantitative estimate of drug-likeness (QED) is 0.265. The van der Waals surface area contributed by atoms with Gasteiger partial charge in [-0.2, -0.15) is 0 Å². The summed E-state index contributed by atoms with van der Waals surface area (Å²) in [6, 6.07) is 42.8. The molecular weight excluding hydrogens is 430 g/mol. The predicted molar refractivity (Wildman–Crippen MR) is 132 cm³/mol. The zero-order valence-corrected chi connectivity index (χ0v) is 18.0. The maximum absolute atomic E-state index is 3.57. The summed E-state index contributed by atoms with van der Waals surface area (Å²) >= 11 is 3.57. The van der Waals surface area contributed by atoms with Crippen LogP contribution < -0.4 is 4.90 Å². The Bertz CT molecular complexity index is 1290. The van der Waals surface area contributed by atoms with Crippen molar-refractivity contribution in [2.45, 2.75) is 0 Å². The van der Waals surface area contributed by atoms with Crippen LogP contribution in [-0.4, -0.2) is 0 Å². The Labute approximate surface area is 185 Å². The number of para-hydroxylation sites is 1. The molecule has 0 unspecified atom stereocenters. The van der Waals surface area contributed by atoms with Crippen molar-refractivity contribution < 1.29 is 0 Å². The predicted octanol–water partition coefficient (Wildman–Crippen LogP) is 8.74. The maximum Gasteiger partial charge on any atom is 0.0540 e. The van der Waals surface area contributed by atoms with Crippen molar-refractivity contribution in [2.75, 3.05) is 4.90 Å². The van der Waals surface area contributed by atoms with Gasteiger partial charge in [0.15, 0.2) is 0 Å². The van der Waals surface area contributed by atoms with E-state index in [1.807, 2.05) is 0 Å². The third kappa shape index (κ3) is 3.62. The minimum Gasteiger partial charge on any atom is -0.310 e. The summed E-state index contributed by atoms with van der Waals surface area (Å²) in [5.74, 6) is 0. The summed E-state index contributed by atoms with van der Waals surface area (Å²) < 4.78 is 1.07. The molecule has 5 aromatic carbocycles. The smallest absolute Gasteiger partial charge is 0.0540 e. The van der Waals surface area contributed by atoms with E-state index in [1.54, 1.807) is 0 Å².